The Hall–Kier alpha value is -0.740. The molecule has 0 amide bonds. The maximum Gasteiger partial charge on any atom is 0.146 e. The highest BCUT2D eigenvalue weighted by atomic mass is 32.2. The van der Waals surface area contributed by atoms with Crippen molar-refractivity contribution in [3.05, 3.63) is 30.1 Å². The number of halogens is 1. The summed E-state index contributed by atoms with van der Waals surface area (Å²) in [5.74, 6) is 0.874. The van der Waals surface area contributed by atoms with E-state index in [-0.39, 0.29) is 11.4 Å². The molecule has 16 heavy (non-hydrogen) atoms. The Bertz CT molecular complexity index is 372. The zero-order chi connectivity index (χ0) is 11.6. The number of hydrogen-bond donors (Lipinski definition) is 2. The van der Waals surface area contributed by atoms with Crippen molar-refractivity contribution in [1.29, 1.82) is 0 Å². The zero-order valence-electron chi connectivity index (χ0n) is 9.37. The van der Waals surface area contributed by atoms with E-state index >= 15 is 0 Å². The fourth-order valence-corrected chi connectivity index (χ4v) is 3.52. The first kappa shape index (κ1) is 11.7. The second-order valence-electron chi connectivity index (χ2n) is 4.23. The monoisotopic (exact) mass is 240 g/mol. The molecule has 1 aliphatic heterocycles. The van der Waals surface area contributed by atoms with Gasteiger partial charge in [0.1, 0.15) is 5.82 Å². The van der Waals surface area contributed by atoms with Crippen molar-refractivity contribution in [1.82, 2.24) is 0 Å². The van der Waals surface area contributed by atoms with Gasteiger partial charge in [-0.3, -0.25) is 0 Å². The molecule has 2 nitrogen and oxygen atoms in total. The Morgan fingerprint density at radius 3 is 2.88 bits per heavy atom. The number of thioether (sulfide) groups is 1. The number of benzene rings is 1. The van der Waals surface area contributed by atoms with E-state index in [2.05, 4.69) is 12.2 Å². The minimum absolute atomic E-state index is 0.160. The molecule has 1 aromatic carbocycles. The maximum atomic E-state index is 13.6. The summed E-state index contributed by atoms with van der Waals surface area (Å²) in [6, 6.07) is 6.77. The van der Waals surface area contributed by atoms with Gasteiger partial charge in [-0.2, -0.15) is 11.8 Å². The third-order valence-electron chi connectivity index (χ3n) is 3.32. The molecule has 1 aliphatic rings. The fourth-order valence-electron chi connectivity index (χ4n) is 2.09. The minimum Gasteiger partial charge on any atom is -0.375 e. The number of nitrogens with one attached hydrogen (secondary N) is 1. The van der Waals surface area contributed by atoms with Gasteiger partial charge in [-0.05, 0) is 24.3 Å². The fraction of sp³-hybridized carbons (Fsp3) is 0.500. The van der Waals surface area contributed by atoms with Crippen LogP contribution in [0.25, 0.3) is 0 Å². The van der Waals surface area contributed by atoms with Crippen LogP contribution in [-0.4, -0.2) is 23.1 Å². The highest BCUT2D eigenvalue weighted by molar-refractivity contribution is 8.00. The summed E-state index contributed by atoms with van der Waals surface area (Å²) >= 11 is 1.89. The molecule has 2 rings (SSSR count). The Labute approximate surface area is 99.8 Å². The molecule has 0 radical (unpaired) electrons. The highest BCUT2D eigenvalue weighted by Crippen LogP contribution is 2.37. The summed E-state index contributed by atoms with van der Waals surface area (Å²) in [5.41, 5.74) is 6.26. The van der Waals surface area contributed by atoms with Crippen molar-refractivity contribution < 1.29 is 4.39 Å². The van der Waals surface area contributed by atoms with E-state index < -0.39 is 0 Å². The lowest BCUT2D eigenvalue weighted by atomic mass is 9.92. The van der Waals surface area contributed by atoms with Crippen LogP contribution in [0.4, 0.5) is 10.1 Å². The summed E-state index contributed by atoms with van der Waals surface area (Å²) in [6.07, 6.45) is 0.990. The largest absolute Gasteiger partial charge is 0.375 e. The van der Waals surface area contributed by atoms with Crippen LogP contribution in [-0.2, 0) is 0 Å². The predicted octanol–water partition coefficient (Wildman–Crippen LogP) is 2.46. The average molecular weight is 240 g/mol. The van der Waals surface area contributed by atoms with Crippen LogP contribution < -0.4 is 11.1 Å². The summed E-state index contributed by atoms with van der Waals surface area (Å²) in [7, 11) is 0. The normalized spacial score (nSPS) is 29.3. The van der Waals surface area contributed by atoms with Gasteiger partial charge in [-0.25, -0.2) is 4.39 Å². The smallest absolute Gasteiger partial charge is 0.146 e. The standard InChI is InChI=1S/C12H17FN2S/c1-9-12(8-14,6-7-16-9)15-11-5-3-2-4-10(11)13/h2-5,9,15H,6-8,14H2,1H3. The number of nitrogens with two attached hydrogens (primary N) is 1. The molecule has 0 aliphatic carbocycles. The van der Waals surface area contributed by atoms with E-state index in [9.17, 15) is 4.39 Å². The van der Waals surface area contributed by atoms with E-state index in [4.69, 9.17) is 5.73 Å². The molecule has 2 atom stereocenters. The second-order valence-corrected chi connectivity index (χ2v) is 5.68. The third-order valence-corrected chi connectivity index (χ3v) is 4.71. The predicted molar refractivity (Wildman–Crippen MR) is 68.3 cm³/mol. The van der Waals surface area contributed by atoms with Crippen LogP contribution >= 0.6 is 11.8 Å². The summed E-state index contributed by atoms with van der Waals surface area (Å²) < 4.78 is 13.6. The molecule has 0 bridgehead atoms. The van der Waals surface area contributed by atoms with Gasteiger partial charge in [0.05, 0.1) is 11.2 Å². The molecule has 1 saturated heterocycles. The van der Waals surface area contributed by atoms with Gasteiger partial charge in [-0.15, -0.1) is 0 Å². The molecular formula is C12H17FN2S. The first-order valence-electron chi connectivity index (χ1n) is 5.52. The van der Waals surface area contributed by atoms with Gasteiger partial charge >= 0.3 is 0 Å². The van der Waals surface area contributed by atoms with Gasteiger partial charge in [0, 0.05) is 11.8 Å². The Kier molecular flexibility index (Phi) is 3.40. The quantitative estimate of drug-likeness (QED) is 0.852. The molecule has 1 fully saturated rings. The molecular weight excluding hydrogens is 223 g/mol. The molecule has 4 heteroatoms. The Balaban J connectivity index is 2.22. The van der Waals surface area contributed by atoms with Crippen molar-refractivity contribution in [2.24, 2.45) is 5.73 Å². The number of para-hydroxylation sites is 1. The lowest BCUT2D eigenvalue weighted by Crippen LogP contribution is -2.50. The Morgan fingerprint density at radius 2 is 2.31 bits per heavy atom. The second kappa shape index (κ2) is 4.63. The number of rotatable bonds is 3. The van der Waals surface area contributed by atoms with Crippen LogP contribution in [0.2, 0.25) is 0 Å². The van der Waals surface area contributed by atoms with Crippen LogP contribution in [0.3, 0.4) is 0 Å². The SMILES string of the molecule is CC1SCCC1(CN)Nc1ccccc1F. The molecule has 0 saturated carbocycles. The van der Waals surface area contributed by atoms with Gasteiger partial charge in [0.25, 0.3) is 0 Å². The van der Waals surface area contributed by atoms with Crippen molar-refractivity contribution in [3.8, 4) is 0 Å². The Morgan fingerprint density at radius 1 is 1.56 bits per heavy atom. The molecule has 2 unspecified atom stereocenters. The minimum atomic E-state index is -0.209. The van der Waals surface area contributed by atoms with Gasteiger partial charge in [0.2, 0.25) is 0 Å². The first-order valence-corrected chi connectivity index (χ1v) is 6.57. The van der Waals surface area contributed by atoms with Gasteiger partial charge in [0.15, 0.2) is 0 Å². The topological polar surface area (TPSA) is 38.0 Å². The van der Waals surface area contributed by atoms with Gasteiger partial charge in [-0.1, -0.05) is 19.1 Å². The number of hydrogen-bond acceptors (Lipinski definition) is 3. The third kappa shape index (κ3) is 2.04. The molecule has 3 N–H and O–H groups in total. The zero-order valence-corrected chi connectivity index (χ0v) is 10.2. The maximum absolute atomic E-state index is 13.6. The van der Waals surface area contributed by atoms with E-state index in [0.717, 1.165) is 12.2 Å². The average Bonchev–Trinajstić information content (AvgIpc) is 2.64. The van der Waals surface area contributed by atoms with E-state index in [1.54, 1.807) is 12.1 Å². The lowest BCUT2D eigenvalue weighted by Gasteiger charge is -2.34. The molecule has 0 aromatic heterocycles. The number of anilines is 1. The molecule has 1 aromatic rings. The van der Waals surface area contributed by atoms with E-state index in [1.165, 1.54) is 6.07 Å². The van der Waals surface area contributed by atoms with E-state index in [1.807, 2.05) is 17.8 Å². The van der Waals surface area contributed by atoms with Crippen molar-refractivity contribution in [2.45, 2.75) is 24.1 Å². The molecule has 0 spiro atoms. The van der Waals surface area contributed by atoms with E-state index in [0.29, 0.717) is 17.5 Å². The molecule has 88 valence electrons. The highest BCUT2D eigenvalue weighted by Gasteiger charge is 2.40. The lowest BCUT2D eigenvalue weighted by molar-refractivity contribution is 0.475. The molecule has 1 heterocycles. The van der Waals surface area contributed by atoms with Crippen molar-refractivity contribution in [3.63, 3.8) is 0 Å². The van der Waals surface area contributed by atoms with Crippen molar-refractivity contribution in [2.75, 3.05) is 17.6 Å². The summed E-state index contributed by atoms with van der Waals surface area (Å²) in [6.45, 7) is 2.69. The summed E-state index contributed by atoms with van der Waals surface area (Å²) in [5, 5.41) is 3.72. The first-order chi connectivity index (χ1) is 7.68. The van der Waals surface area contributed by atoms with Crippen LogP contribution in [0.5, 0.6) is 0 Å². The van der Waals surface area contributed by atoms with Crippen molar-refractivity contribution >= 4 is 17.4 Å². The van der Waals surface area contributed by atoms with Crippen LogP contribution in [0.1, 0.15) is 13.3 Å². The van der Waals surface area contributed by atoms with Crippen LogP contribution in [0, 0.1) is 5.82 Å². The van der Waals surface area contributed by atoms with Gasteiger partial charge < -0.3 is 11.1 Å². The van der Waals surface area contributed by atoms with Crippen LogP contribution in [0.15, 0.2) is 24.3 Å². The summed E-state index contributed by atoms with van der Waals surface area (Å²) in [4.78, 5) is 0.